The summed E-state index contributed by atoms with van der Waals surface area (Å²) >= 11 is 0. The van der Waals surface area contributed by atoms with Crippen LogP contribution in [0.3, 0.4) is 0 Å². The topological polar surface area (TPSA) is 25.8 Å². The Morgan fingerprint density at radius 1 is 0.571 bits per heavy atom. The fraction of sp³-hybridized carbons (Fsp3) is 0.0400. The van der Waals surface area contributed by atoms with Crippen LogP contribution < -0.4 is 0 Å². The molecule has 2 nitrogen and oxygen atoms in total. The van der Waals surface area contributed by atoms with Crippen molar-refractivity contribution in [2.45, 2.75) is 6.92 Å². The second-order valence-electron chi connectivity index (χ2n) is 6.85. The highest BCUT2D eigenvalue weighted by Gasteiger charge is 2.10. The molecule has 5 rings (SSSR count). The van der Waals surface area contributed by atoms with Crippen LogP contribution in [0.2, 0.25) is 0 Å². The predicted molar refractivity (Wildman–Crippen MR) is 120 cm³/mol. The molecule has 0 bridgehead atoms. The van der Waals surface area contributed by atoms with Gasteiger partial charge in [0.05, 0.1) is 11.4 Å². The second kappa shape index (κ2) is 7.41. The van der Waals surface area contributed by atoms with Crippen LogP contribution in [0.5, 0.6) is 0 Å². The maximum absolute atomic E-state index is 4.69. The Morgan fingerprint density at radius 2 is 1.04 bits per heavy atom. The van der Waals surface area contributed by atoms with Gasteiger partial charge in [-0.1, -0.05) is 48.5 Å². The first-order valence-electron chi connectivity index (χ1n) is 9.09. The van der Waals surface area contributed by atoms with Crippen molar-refractivity contribution in [2.24, 2.45) is 0 Å². The van der Waals surface area contributed by atoms with E-state index in [1.807, 2.05) is 12.4 Å². The van der Waals surface area contributed by atoms with Crippen molar-refractivity contribution >= 4 is 34.0 Å². The van der Waals surface area contributed by atoms with Crippen molar-refractivity contribution < 1.29 is 0 Å². The molecule has 3 aromatic carbocycles. The molecule has 0 aliphatic rings. The summed E-state index contributed by atoms with van der Waals surface area (Å²) in [6, 6.07) is 27.5. The second-order valence-corrected chi connectivity index (χ2v) is 6.85. The number of benzene rings is 3. The summed E-state index contributed by atoms with van der Waals surface area (Å²) in [5.41, 5.74) is 5.47. The van der Waals surface area contributed by atoms with Gasteiger partial charge in [-0.15, -0.1) is 12.4 Å². The van der Waals surface area contributed by atoms with Crippen LogP contribution in [0, 0.1) is 6.92 Å². The van der Waals surface area contributed by atoms with E-state index in [-0.39, 0.29) is 12.4 Å². The Labute approximate surface area is 170 Å². The highest BCUT2D eigenvalue weighted by molar-refractivity contribution is 5.97. The van der Waals surface area contributed by atoms with Crippen LogP contribution in [0.15, 0.2) is 91.3 Å². The molecule has 0 saturated heterocycles. The summed E-state index contributed by atoms with van der Waals surface area (Å²) in [6.07, 6.45) is 3.77. The van der Waals surface area contributed by atoms with E-state index >= 15 is 0 Å². The Balaban J connectivity index is 0.00000192. The van der Waals surface area contributed by atoms with Gasteiger partial charge in [0.25, 0.3) is 0 Å². The van der Waals surface area contributed by atoms with E-state index in [1.54, 1.807) is 0 Å². The van der Waals surface area contributed by atoms with Crippen LogP contribution in [-0.4, -0.2) is 9.97 Å². The summed E-state index contributed by atoms with van der Waals surface area (Å²) in [4.78, 5) is 9.39. The van der Waals surface area contributed by atoms with Gasteiger partial charge in [-0.05, 0) is 53.6 Å². The van der Waals surface area contributed by atoms with Gasteiger partial charge in [-0.25, -0.2) is 0 Å². The Hall–Kier alpha value is -3.23. The van der Waals surface area contributed by atoms with Crippen LogP contribution in [0.1, 0.15) is 5.56 Å². The van der Waals surface area contributed by atoms with Crippen molar-refractivity contribution in [2.75, 3.05) is 0 Å². The minimum atomic E-state index is 0. The van der Waals surface area contributed by atoms with Crippen molar-refractivity contribution in [3.05, 3.63) is 96.8 Å². The standard InChI is InChI=1S/C25H18N2.ClH/c1-17-14-20(24-22-8-4-2-6-18(22)10-12-26-24)16-21(15-17)25-23-9-5-3-7-19(23)11-13-27-25;/h2-16H,1H3;1H. The van der Waals surface area contributed by atoms with Crippen LogP contribution in [-0.2, 0) is 0 Å². The zero-order valence-corrected chi connectivity index (χ0v) is 16.3. The van der Waals surface area contributed by atoms with Crippen LogP contribution >= 0.6 is 12.4 Å². The SMILES string of the molecule is Cc1cc(-c2nccc3ccccc23)cc(-c2nccc3ccccc23)c1.Cl. The summed E-state index contributed by atoms with van der Waals surface area (Å²) < 4.78 is 0. The van der Waals surface area contributed by atoms with Gasteiger partial charge in [0.2, 0.25) is 0 Å². The zero-order valence-electron chi connectivity index (χ0n) is 15.5. The first-order valence-corrected chi connectivity index (χ1v) is 9.09. The summed E-state index contributed by atoms with van der Waals surface area (Å²) in [5, 5.41) is 4.74. The average molecular weight is 383 g/mol. The summed E-state index contributed by atoms with van der Waals surface area (Å²) in [5.74, 6) is 0. The number of aryl methyl sites for hydroxylation is 1. The molecule has 0 N–H and O–H groups in total. The van der Waals surface area contributed by atoms with Crippen molar-refractivity contribution in [1.29, 1.82) is 0 Å². The molecule has 0 aliphatic carbocycles. The third kappa shape index (κ3) is 3.12. The molecule has 0 fully saturated rings. The fourth-order valence-electron chi connectivity index (χ4n) is 3.76. The Morgan fingerprint density at radius 3 is 1.54 bits per heavy atom. The summed E-state index contributed by atoms with van der Waals surface area (Å²) in [6.45, 7) is 2.13. The molecule has 2 heterocycles. The van der Waals surface area contributed by atoms with E-state index in [9.17, 15) is 0 Å². The van der Waals surface area contributed by atoms with Crippen molar-refractivity contribution in [1.82, 2.24) is 9.97 Å². The fourth-order valence-corrected chi connectivity index (χ4v) is 3.76. The maximum Gasteiger partial charge on any atom is 0.0780 e. The molecule has 2 aromatic heterocycles. The lowest BCUT2D eigenvalue weighted by Crippen LogP contribution is -1.91. The van der Waals surface area contributed by atoms with Gasteiger partial charge in [-0.3, -0.25) is 9.97 Å². The number of pyridine rings is 2. The third-order valence-corrected chi connectivity index (χ3v) is 4.97. The van der Waals surface area contributed by atoms with E-state index in [0.717, 1.165) is 22.5 Å². The quantitative estimate of drug-likeness (QED) is 0.333. The number of halogens is 1. The normalized spacial score (nSPS) is 10.8. The highest BCUT2D eigenvalue weighted by atomic mass is 35.5. The molecule has 0 spiro atoms. The lowest BCUT2D eigenvalue weighted by Gasteiger charge is -2.11. The van der Waals surface area contributed by atoms with E-state index in [4.69, 9.17) is 9.97 Å². The van der Waals surface area contributed by atoms with Gasteiger partial charge in [0.15, 0.2) is 0 Å². The van der Waals surface area contributed by atoms with Gasteiger partial charge in [0.1, 0.15) is 0 Å². The molecular weight excluding hydrogens is 364 g/mol. The number of fused-ring (bicyclic) bond motifs is 2. The van der Waals surface area contributed by atoms with Crippen molar-refractivity contribution in [3.63, 3.8) is 0 Å². The summed E-state index contributed by atoms with van der Waals surface area (Å²) in [7, 11) is 0. The monoisotopic (exact) mass is 382 g/mol. The van der Waals surface area contributed by atoms with E-state index in [2.05, 4.69) is 85.8 Å². The zero-order chi connectivity index (χ0) is 18.2. The first kappa shape index (κ1) is 18.1. The Kier molecular flexibility index (Phi) is 4.81. The van der Waals surface area contributed by atoms with Crippen LogP contribution in [0.25, 0.3) is 44.1 Å². The minimum absolute atomic E-state index is 0. The largest absolute Gasteiger partial charge is 0.256 e. The molecular formula is C25H19ClN2. The molecule has 136 valence electrons. The Bertz CT molecular complexity index is 1190. The molecule has 0 amide bonds. The minimum Gasteiger partial charge on any atom is -0.256 e. The van der Waals surface area contributed by atoms with Gasteiger partial charge in [-0.2, -0.15) is 0 Å². The van der Waals surface area contributed by atoms with E-state index in [1.165, 1.54) is 27.1 Å². The molecule has 0 aliphatic heterocycles. The highest BCUT2D eigenvalue weighted by Crippen LogP contribution is 2.33. The molecule has 28 heavy (non-hydrogen) atoms. The van der Waals surface area contributed by atoms with Gasteiger partial charge < -0.3 is 0 Å². The smallest absolute Gasteiger partial charge is 0.0780 e. The van der Waals surface area contributed by atoms with Gasteiger partial charge >= 0.3 is 0 Å². The molecule has 0 saturated carbocycles. The molecule has 0 atom stereocenters. The maximum atomic E-state index is 4.69. The molecule has 5 aromatic rings. The van der Waals surface area contributed by atoms with E-state index < -0.39 is 0 Å². The number of rotatable bonds is 2. The predicted octanol–water partition coefficient (Wildman–Crippen LogP) is 6.85. The molecule has 0 radical (unpaired) electrons. The lowest BCUT2D eigenvalue weighted by atomic mass is 9.97. The number of hydrogen-bond acceptors (Lipinski definition) is 2. The number of hydrogen-bond donors (Lipinski definition) is 0. The number of nitrogens with zero attached hydrogens (tertiary/aromatic N) is 2. The first-order chi connectivity index (χ1) is 13.3. The molecule has 3 heteroatoms. The van der Waals surface area contributed by atoms with Crippen molar-refractivity contribution in [3.8, 4) is 22.5 Å². The van der Waals surface area contributed by atoms with Gasteiger partial charge in [0, 0.05) is 34.3 Å². The lowest BCUT2D eigenvalue weighted by molar-refractivity contribution is 1.33. The molecule has 0 unspecified atom stereocenters. The third-order valence-electron chi connectivity index (χ3n) is 4.97. The van der Waals surface area contributed by atoms with E-state index in [0.29, 0.717) is 0 Å². The number of aromatic nitrogens is 2. The van der Waals surface area contributed by atoms with Crippen LogP contribution in [0.4, 0.5) is 0 Å². The average Bonchev–Trinajstić information content (AvgIpc) is 2.72.